The number of rotatable bonds is 7. The molecule has 33 heavy (non-hydrogen) atoms. The summed E-state index contributed by atoms with van der Waals surface area (Å²) in [5.41, 5.74) is 0.0911. The van der Waals surface area contributed by atoms with Crippen molar-refractivity contribution < 1.29 is 47.7 Å². The minimum atomic E-state index is -1.48. The van der Waals surface area contributed by atoms with Gasteiger partial charge in [0.05, 0.1) is 10.6 Å². The van der Waals surface area contributed by atoms with Crippen molar-refractivity contribution in [3.05, 3.63) is 34.9 Å². The Morgan fingerprint density at radius 1 is 0.879 bits per heavy atom. The maximum Gasteiger partial charge on any atom is 0.305 e. The van der Waals surface area contributed by atoms with Gasteiger partial charge in [0.2, 0.25) is 6.29 Å². The molecule has 0 unspecified atom stereocenters. The van der Waals surface area contributed by atoms with Crippen molar-refractivity contribution in [1.29, 1.82) is 0 Å². The van der Waals surface area contributed by atoms with E-state index in [1.165, 1.54) is 12.1 Å². The van der Waals surface area contributed by atoms with Crippen molar-refractivity contribution in [2.75, 3.05) is 6.61 Å². The molecule has 0 radical (unpaired) electrons. The average Bonchev–Trinajstić information content (AvgIpc) is 2.70. The number of amides is 1. The molecule has 11 nitrogen and oxygen atoms in total. The van der Waals surface area contributed by atoms with Gasteiger partial charge in [0.15, 0.2) is 12.2 Å². The number of carbonyl (C=O) groups is 5. The van der Waals surface area contributed by atoms with E-state index in [9.17, 15) is 24.0 Å². The topological polar surface area (TPSA) is 144 Å². The van der Waals surface area contributed by atoms with E-state index < -0.39 is 67.0 Å². The number of hydrogen-bond acceptors (Lipinski definition) is 10. The summed E-state index contributed by atoms with van der Waals surface area (Å²) >= 11 is 6.09. The quantitative estimate of drug-likeness (QED) is 0.441. The van der Waals surface area contributed by atoms with Gasteiger partial charge in [-0.3, -0.25) is 24.0 Å². The van der Waals surface area contributed by atoms with E-state index in [1.54, 1.807) is 12.1 Å². The van der Waals surface area contributed by atoms with Gasteiger partial charge in [-0.05, 0) is 12.1 Å². The van der Waals surface area contributed by atoms with Crippen LogP contribution in [0.4, 0.5) is 0 Å². The predicted octanol–water partition coefficient (Wildman–Crippen LogP) is 1.15. The fraction of sp³-hybridized carbons (Fsp3) is 0.476. The summed E-state index contributed by atoms with van der Waals surface area (Å²) in [4.78, 5) is 59.6. The zero-order chi connectivity index (χ0) is 24.7. The molecule has 1 amide bonds. The number of halogens is 1. The lowest BCUT2D eigenvalue weighted by Gasteiger charge is -2.44. The molecule has 1 saturated heterocycles. The summed E-state index contributed by atoms with van der Waals surface area (Å²) in [7, 11) is 0. The zero-order valence-electron chi connectivity index (χ0n) is 18.4. The first-order valence-electron chi connectivity index (χ1n) is 9.85. The summed E-state index contributed by atoms with van der Waals surface area (Å²) < 4.78 is 26.5. The second-order valence-corrected chi connectivity index (χ2v) is 7.49. The van der Waals surface area contributed by atoms with Crippen molar-refractivity contribution in [1.82, 2.24) is 5.32 Å². The van der Waals surface area contributed by atoms with Gasteiger partial charge in [0.25, 0.3) is 5.91 Å². The third kappa shape index (κ3) is 7.43. The third-order valence-electron chi connectivity index (χ3n) is 4.40. The normalized spacial score (nSPS) is 24.2. The van der Waals surface area contributed by atoms with Crippen molar-refractivity contribution in [3.63, 3.8) is 0 Å². The zero-order valence-corrected chi connectivity index (χ0v) is 19.1. The molecule has 0 aliphatic carbocycles. The van der Waals surface area contributed by atoms with Gasteiger partial charge in [-0.15, -0.1) is 0 Å². The number of esters is 4. The number of nitrogens with one attached hydrogen (secondary N) is 1. The van der Waals surface area contributed by atoms with Crippen LogP contribution in [0.2, 0.25) is 5.02 Å². The van der Waals surface area contributed by atoms with Crippen molar-refractivity contribution in [2.24, 2.45) is 0 Å². The maximum atomic E-state index is 12.9. The van der Waals surface area contributed by atoms with Crippen LogP contribution in [0.1, 0.15) is 38.1 Å². The minimum Gasteiger partial charge on any atom is -0.463 e. The van der Waals surface area contributed by atoms with Gasteiger partial charge < -0.3 is 29.0 Å². The van der Waals surface area contributed by atoms with E-state index in [4.69, 9.17) is 35.3 Å². The molecular formula is C21H24ClNO10. The van der Waals surface area contributed by atoms with E-state index in [1.807, 2.05) is 0 Å². The molecule has 0 saturated carbocycles. The molecule has 12 heteroatoms. The highest BCUT2D eigenvalue weighted by molar-refractivity contribution is 6.33. The molecular weight excluding hydrogens is 462 g/mol. The Balaban J connectivity index is 2.47. The van der Waals surface area contributed by atoms with Crippen LogP contribution in [0.15, 0.2) is 24.3 Å². The molecule has 0 bridgehead atoms. The molecule has 5 atom stereocenters. The van der Waals surface area contributed by atoms with Crippen LogP contribution < -0.4 is 5.32 Å². The Hall–Kier alpha value is -3.18. The summed E-state index contributed by atoms with van der Waals surface area (Å²) in [5.74, 6) is -3.64. The molecule has 180 valence electrons. The highest BCUT2D eigenvalue weighted by Gasteiger charge is 2.52. The summed E-state index contributed by atoms with van der Waals surface area (Å²) in [6.07, 6.45) is -5.34. The smallest absolute Gasteiger partial charge is 0.305 e. The Labute approximate surface area is 194 Å². The van der Waals surface area contributed by atoms with Gasteiger partial charge in [-0.1, -0.05) is 23.7 Å². The van der Waals surface area contributed by atoms with E-state index >= 15 is 0 Å². The van der Waals surface area contributed by atoms with Crippen LogP contribution >= 0.6 is 11.6 Å². The first-order valence-corrected chi connectivity index (χ1v) is 10.2. The van der Waals surface area contributed by atoms with Crippen molar-refractivity contribution >= 4 is 41.4 Å². The molecule has 1 N–H and O–H groups in total. The fourth-order valence-electron chi connectivity index (χ4n) is 3.19. The molecule has 1 aromatic rings. The van der Waals surface area contributed by atoms with E-state index in [2.05, 4.69) is 5.32 Å². The minimum absolute atomic E-state index is 0.0911. The van der Waals surface area contributed by atoms with Gasteiger partial charge in [0, 0.05) is 27.7 Å². The Morgan fingerprint density at radius 3 is 2.00 bits per heavy atom. The largest absolute Gasteiger partial charge is 0.463 e. The Morgan fingerprint density at radius 2 is 1.45 bits per heavy atom. The number of benzene rings is 1. The number of ether oxygens (including phenoxy) is 5. The molecule has 0 aromatic heterocycles. The first kappa shape index (κ1) is 26.1. The van der Waals surface area contributed by atoms with Crippen molar-refractivity contribution in [3.8, 4) is 0 Å². The lowest BCUT2D eigenvalue weighted by Crippen LogP contribution is -2.67. The molecule has 1 fully saturated rings. The molecule has 1 heterocycles. The first-order chi connectivity index (χ1) is 15.5. The van der Waals surface area contributed by atoms with Crippen LogP contribution in [0.25, 0.3) is 0 Å². The molecule has 2 rings (SSSR count). The third-order valence-corrected chi connectivity index (χ3v) is 4.73. The van der Waals surface area contributed by atoms with Gasteiger partial charge in [-0.25, -0.2) is 0 Å². The second-order valence-electron chi connectivity index (χ2n) is 7.08. The monoisotopic (exact) mass is 485 g/mol. The van der Waals surface area contributed by atoms with Crippen LogP contribution in [-0.2, 0) is 42.9 Å². The summed E-state index contributed by atoms with van der Waals surface area (Å²) in [6, 6.07) is 4.86. The molecule has 0 spiro atoms. The lowest BCUT2D eigenvalue weighted by atomic mass is 9.95. The van der Waals surface area contributed by atoms with E-state index in [0.29, 0.717) is 0 Å². The van der Waals surface area contributed by atoms with Gasteiger partial charge >= 0.3 is 23.9 Å². The maximum absolute atomic E-state index is 12.9. The summed E-state index contributed by atoms with van der Waals surface area (Å²) in [6.45, 7) is 4.08. The molecule has 1 aliphatic rings. The molecule has 1 aliphatic heterocycles. The van der Waals surface area contributed by atoms with Crippen LogP contribution in [0, 0.1) is 0 Å². The van der Waals surface area contributed by atoms with E-state index in [-0.39, 0.29) is 10.6 Å². The highest BCUT2D eigenvalue weighted by Crippen LogP contribution is 2.28. The second kappa shape index (κ2) is 11.6. The number of hydrogen-bond donors (Lipinski definition) is 1. The summed E-state index contributed by atoms with van der Waals surface area (Å²) in [5, 5.41) is 2.72. The molecule has 1 aromatic carbocycles. The Bertz CT molecular complexity index is 920. The van der Waals surface area contributed by atoms with Crippen LogP contribution in [0.3, 0.4) is 0 Å². The Kier molecular flexibility index (Phi) is 9.18. The predicted molar refractivity (Wildman–Crippen MR) is 111 cm³/mol. The van der Waals surface area contributed by atoms with Gasteiger partial charge in [0.1, 0.15) is 18.8 Å². The average molecular weight is 486 g/mol. The van der Waals surface area contributed by atoms with Gasteiger partial charge in [-0.2, -0.15) is 0 Å². The van der Waals surface area contributed by atoms with Crippen molar-refractivity contribution in [2.45, 2.75) is 58.3 Å². The highest BCUT2D eigenvalue weighted by atomic mass is 35.5. The van der Waals surface area contributed by atoms with E-state index in [0.717, 1.165) is 27.7 Å². The SMILES string of the molecule is CC(=O)OC[C@@H]1O[C@H](OC(C)=O)[C@@H](NC(=O)c2ccccc2Cl)[C@@H](OC(C)=O)[C@@H]1OC(C)=O. The van der Waals surface area contributed by atoms with Crippen LogP contribution in [-0.4, -0.2) is 67.0 Å². The van der Waals surface area contributed by atoms with Crippen LogP contribution in [0.5, 0.6) is 0 Å². The fourth-order valence-corrected chi connectivity index (χ4v) is 3.42. The number of carbonyl (C=O) groups excluding carboxylic acids is 5. The lowest BCUT2D eigenvalue weighted by molar-refractivity contribution is -0.270. The standard InChI is InChI=1S/C21H24ClNO10/c1-10(24)29-9-16-18(30-11(2)25)19(31-12(3)26)17(21(33-16)32-13(4)27)23-20(28)14-7-5-6-8-15(14)22/h5-8,16-19,21H,9H2,1-4H3,(H,23,28)/t16-,17-,18+,19+,21-/m0/s1.